The van der Waals surface area contributed by atoms with Crippen LogP contribution in [0.3, 0.4) is 0 Å². The molecular formula is C15H18BrN3O. The smallest absolute Gasteiger partial charge is 0.254 e. The number of rotatable bonds is 6. The van der Waals surface area contributed by atoms with Gasteiger partial charge in [-0.1, -0.05) is 41.1 Å². The van der Waals surface area contributed by atoms with Gasteiger partial charge in [-0.25, -0.2) is 4.68 Å². The molecule has 0 fully saturated rings. The van der Waals surface area contributed by atoms with E-state index in [0.29, 0.717) is 16.9 Å². The summed E-state index contributed by atoms with van der Waals surface area (Å²) in [6, 6.07) is 9.73. The molecule has 0 aliphatic rings. The van der Waals surface area contributed by atoms with Crippen LogP contribution >= 0.6 is 15.9 Å². The minimum absolute atomic E-state index is 0.0806. The van der Waals surface area contributed by atoms with Gasteiger partial charge in [0.15, 0.2) is 0 Å². The second kappa shape index (κ2) is 7.24. The molecule has 1 aromatic carbocycles. The Morgan fingerprint density at radius 3 is 2.85 bits per heavy atom. The van der Waals surface area contributed by atoms with Gasteiger partial charge < -0.3 is 5.32 Å². The Morgan fingerprint density at radius 2 is 2.15 bits per heavy atom. The van der Waals surface area contributed by atoms with Crippen molar-refractivity contribution in [1.29, 1.82) is 0 Å². The standard InChI is InChI=1S/C15H18BrN3O/c1-2-13(16)8-9-17-15(20)12-10-18-19(11-12)14-6-4-3-5-7-14/h3-7,10-11,13H,2,8-9H2,1H3,(H,17,20). The fourth-order valence-electron chi connectivity index (χ4n) is 1.81. The van der Waals surface area contributed by atoms with Gasteiger partial charge in [-0.15, -0.1) is 0 Å². The lowest BCUT2D eigenvalue weighted by atomic mass is 10.2. The van der Waals surface area contributed by atoms with Crippen molar-refractivity contribution >= 4 is 21.8 Å². The molecule has 1 heterocycles. The van der Waals surface area contributed by atoms with Crippen molar-refractivity contribution in [1.82, 2.24) is 15.1 Å². The fraction of sp³-hybridized carbons (Fsp3) is 0.333. The zero-order valence-electron chi connectivity index (χ0n) is 11.4. The molecule has 1 unspecified atom stereocenters. The molecule has 0 aliphatic heterocycles. The van der Waals surface area contributed by atoms with Crippen LogP contribution in [0.15, 0.2) is 42.7 Å². The number of alkyl halides is 1. The van der Waals surface area contributed by atoms with Gasteiger partial charge >= 0.3 is 0 Å². The highest BCUT2D eigenvalue weighted by molar-refractivity contribution is 9.09. The highest BCUT2D eigenvalue weighted by atomic mass is 79.9. The average Bonchev–Trinajstić information content (AvgIpc) is 2.97. The van der Waals surface area contributed by atoms with Crippen LogP contribution in [0.5, 0.6) is 0 Å². The molecule has 0 saturated heterocycles. The molecule has 1 N–H and O–H groups in total. The summed E-state index contributed by atoms with van der Waals surface area (Å²) in [5, 5.41) is 7.12. The molecule has 5 heteroatoms. The molecule has 0 aliphatic carbocycles. The minimum atomic E-state index is -0.0806. The van der Waals surface area contributed by atoms with E-state index >= 15 is 0 Å². The molecule has 0 radical (unpaired) electrons. The van der Waals surface area contributed by atoms with E-state index in [9.17, 15) is 4.79 Å². The molecular weight excluding hydrogens is 318 g/mol. The Hall–Kier alpha value is -1.62. The van der Waals surface area contributed by atoms with Gasteiger partial charge in [0, 0.05) is 17.6 Å². The van der Waals surface area contributed by atoms with Crippen molar-refractivity contribution in [3.05, 3.63) is 48.3 Å². The zero-order valence-corrected chi connectivity index (χ0v) is 13.0. The summed E-state index contributed by atoms with van der Waals surface area (Å²) in [6.07, 6.45) is 5.32. The van der Waals surface area contributed by atoms with Gasteiger partial charge in [0.2, 0.25) is 0 Å². The van der Waals surface area contributed by atoms with Crippen LogP contribution in [-0.4, -0.2) is 27.1 Å². The third kappa shape index (κ3) is 3.93. The molecule has 0 spiro atoms. The normalized spacial score (nSPS) is 12.1. The molecule has 106 valence electrons. The third-order valence-electron chi connectivity index (χ3n) is 3.05. The van der Waals surface area contributed by atoms with E-state index < -0.39 is 0 Å². The summed E-state index contributed by atoms with van der Waals surface area (Å²) in [5.41, 5.74) is 1.52. The minimum Gasteiger partial charge on any atom is -0.352 e. The summed E-state index contributed by atoms with van der Waals surface area (Å²) in [4.78, 5) is 12.4. The molecule has 0 bridgehead atoms. The van der Waals surface area contributed by atoms with E-state index in [4.69, 9.17) is 0 Å². The van der Waals surface area contributed by atoms with Gasteiger partial charge in [0.05, 0.1) is 17.4 Å². The Morgan fingerprint density at radius 1 is 1.40 bits per heavy atom. The number of hydrogen-bond acceptors (Lipinski definition) is 2. The van der Waals surface area contributed by atoms with E-state index in [-0.39, 0.29) is 5.91 Å². The SMILES string of the molecule is CCC(Br)CCNC(=O)c1cnn(-c2ccccc2)c1. The lowest BCUT2D eigenvalue weighted by Gasteiger charge is -2.07. The number of amides is 1. The first kappa shape index (κ1) is 14.8. The predicted molar refractivity (Wildman–Crippen MR) is 83.5 cm³/mol. The van der Waals surface area contributed by atoms with E-state index in [0.717, 1.165) is 18.5 Å². The van der Waals surface area contributed by atoms with Crippen LogP contribution in [0.25, 0.3) is 5.69 Å². The summed E-state index contributed by atoms with van der Waals surface area (Å²) >= 11 is 3.55. The quantitative estimate of drug-likeness (QED) is 0.824. The van der Waals surface area contributed by atoms with Gasteiger partial charge in [0.1, 0.15) is 0 Å². The molecule has 4 nitrogen and oxygen atoms in total. The first-order chi connectivity index (χ1) is 9.70. The van der Waals surface area contributed by atoms with E-state index in [2.05, 4.69) is 33.3 Å². The van der Waals surface area contributed by atoms with Crippen LogP contribution in [0.4, 0.5) is 0 Å². The fourth-order valence-corrected chi connectivity index (χ4v) is 2.04. The highest BCUT2D eigenvalue weighted by Gasteiger charge is 2.09. The second-order valence-electron chi connectivity index (χ2n) is 4.56. The Balaban J connectivity index is 1.93. The molecule has 1 atom stereocenters. The van der Waals surface area contributed by atoms with Crippen molar-refractivity contribution in [2.24, 2.45) is 0 Å². The van der Waals surface area contributed by atoms with Crippen LogP contribution in [0.1, 0.15) is 30.1 Å². The van der Waals surface area contributed by atoms with Crippen molar-refractivity contribution in [3.63, 3.8) is 0 Å². The van der Waals surface area contributed by atoms with Crippen LogP contribution < -0.4 is 5.32 Å². The maximum absolute atomic E-state index is 12.0. The molecule has 2 rings (SSSR count). The lowest BCUT2D eigenvalue weighted by molar-refractivity contribution is 0.0953. The maximum atomic E-state index is 12.0. The largest absolute Gasteiger partial charge is 0.352 e. The number of carbonyl (C=O) groups excluding carboxylic acids is 1. The van der Waals surface area contributed by atoms with Gasteiger partial charge in [-0.05, 0) is 25.0 Å². The Bertz CT molecular complexity index is 553. The summed E-state index contributed by atoms with van der Waals surface area (Å²) < 4.78 is 1.70. The maximum Gasteiger partial charge on any atom is 0.254 e. The van der Waals surface area contributed by atoms with E-state index in [1.807, 2.05) is 30.3 Å². The summed E-state index contributed by atoms with van der Waals surface area (Å²) in [5.74, 6) is -0.0806. The number of benzene rings is 1. The van der Waals surface area contributed by atoms with E-state index in [1.165, 1.54) is 0 Å². The number of halogens is 1. The van der Waals surface area contributed by atoms with Gasteiger partial charge in [-0.3, -0.25) is 4.79 Å². The van der Waals surface area contributed by atoms with Gasteiger partial charge in [0.25, 0.3) is 5.91 Å². The Labute approximate surface area is 127 Å². The topological polar surface area (TPSA) is 46.9 Å². The highest BCUT2D eigenvalue weighted by Crippen LogP contribution is 2.09. The summed E-state index contributed by atoms with van der Waals surface area (Å²) in [7, 11) is 0. The first-order valence-electron chi connectivity index (χ1n) is 6.73. The number of para-hydroxylation sites is 1. The van der Waals surface area contributed by atoms with Crippen molar-refractivity contribution < 1.29 is 4.79 Å². The number of nitrogens with zero attached hydrogens (tertiary/aromatic N) is 2. The monoisotopic (exact) mass is 335 g/mol. The number of carbonyl (C=O) groups is 1. The number of nitrogens with one attached hydrogen (secondary N) is 1. The third-order valence-corrected chi connectivity index (χ3v) is 4.16. The Kier molecular flexibility index (Phi) is 5.35. The predicted octanol–water partition coefficient (Wildman–Crippen LogP) is 3.17. The molecule has 2 aromatic rings. The number of hydrogen-bond donors (Lipinski definition) is 1. The van der Waals surface area contributed by atoms with E-state index in [1.54, 1.807) is 17.1 Å². The van der Waals surface area contributed by atoms with Crippen molar-refractivity contribution in [2.45, 2.75) is 24.6 Å². The van der Waals surface area contributed by atoms with Crippen molar-refractivity contribution in [2.75, 3.05) is 6.54 Å². The second-order valence-corrected chi connectivity index (χ2v) is 5.85. The van der Waals surface area contributed by atoms with Gasteiger partial charge in [-0.2, -0.15) is 5.10 Å². The first-order valence-corrected chi connectivity index (χ1v) is 7.64. The molecule has 20 heavy (non-hydrogen) atoms. The van der Waals surface area contributed by atoms with Crippen molar-refractivity contribution in [3.8, 4) is 5.69 Å². The van der Waals surface area contributed by atoms with Crippen LogP contribution in [0, 0.1) is 0 Å². The van der Waals surface area contributed by atoms with Crippen LogP contribution in [-0.2, 0) is 0 Å². The van der Waals surface area contributed by atoms with Crippen LogP contribution in [0.2, 0.25) is 0 Å². The summed E-state index contributed by atoms with van der Waals surface area (Å²) in [6.45, 7) is 2.78. The molecule has 1 amide bonds. The lowest BCUT2D eigenvalue weighted by Crippen LogP contribution is -2.25. The molecule has 0 saturated carbocycles. The molecule has 1 aromatic heterocycles. The number of aromatic nitrogens is 2. The zero-order chi connectivity index (χ0) is 14.4. The average molecular weight is 336 g/mol.